The van der Waals surface area contributed by atoms with Crippen LogP contribution in [0, 0.1) is 0 Å². The number of alkyl halides is 3. The minimum atomic E-state index is -4.61. The van der Waals surface area contributed by atoms with Gasteiger partial charge in [-0.05, 0) is 6.08 Å². The summed E-state index contributed by atoms with van der Waals surface area (Å²) >= 11 is 0. The Morgan fingerprint density at radius 2 is 2.00 bits per heavy atom. The van der Waals surface area contributed by atoms with Crippen molar-refractivity contribution in [3.63, 3.8) is 0 Å². The molecule has 1 fully saturated rings. The van der Waals surface area contributed by atoms with E-state index in [1.165, 1.54) is 6.08 Å². The van der Waals surface area contributed by atoms with Gasteiger partial charge in [-0.3, -0.25) is 4.79 Å². The molecule has 1 saturated heterocycles. The van der Waals surface area contributed by atoms with Crippen molar-refractivity contribution in [3.8, 4) is 0 Å². The molecule has 2 amide bonds. The summed E-state index contributed by atoms with van der Waals surface area (Å²) < 4.78 is 41.3. The molecule has 0 aliphatic carbocycles. The Hall–Kier alpha value is -2.45. The van der Waals surface area contributed by atoms with Gasteiger partial charge in [0.1, 0.15) is 6.61 Å². The molecule has 1 aromatic heterocycles. The lowest BCUT2D eigenvalue weighted by Gasteiger charge is -2.06. The van der Waals surface area contributed by atoms with Crippen molar-refractivity contribution in [3.05, 3.63) is 29.9 Å². The van der Waals surface area contributed by atoms with Crippen LogP contribution in [0.5, 0.6) is 0 Å². The highest BCUT2D eigenvalue weighted by atomic mass is 19.4. The van der Waals surface area contributed by atoms with Crippen molar-refractivity contribution in [2.75, 3.05) is 13.2 Å². The Bertz CT molecular complexity index is 554. The number of aromatic nitrogens is 2. The van der Waals surface area contributed by atoms with Gasteiger partial charge in [-0.1, -0.05) is 0 Å². The number of carbonyl (C=O) groups is 2. The number of nitrogens with zero attached hydrogens (tertiary/aromatic N) is 3. The Labute approximate surface area is 110 Å². The third-order valence-corrected chi connectivity index (χ3v) is 2.37. The fourth-order valence-corrected chi connectivity index (χ4v) is 1.42. The number of imide groups is 1. The van der Waals surface area contributed by atoms with E-state index in [0.717, 1.165) is 23.4 Å². The van der Waals surface area contributed by atoms with Gasteiger partial charge in [-0.2, -0.15) is 13.2 Å². The third kappa shape index (κ3) is 3.11. The molecule has 20 heavy (non-hydrogen) atoms. The first-order chi connectivity index (χ1) is 9.38. The molecule has 1 aliphatic heterocycles. The number of rotatable bonds is 2. The van der Waals surface area contributed by atoms with Gasteiger partial charge < -0.3 is 4.74 Å². The van der Waals surface area contributed by atoms with Crippen molar-refractivity contribution in [1.29, 1.82) is 0 Å². The summed E-state index contributed by atoms with van der Waals surface area (Å²) in [5, 5.41) is 0. The molecule has 0 saturated carbocycles. The Morgan fingerprint density at radius 1 is 1.35 bits per heavy atom. The third-order valence-electron chi connectivity index (χ3n) is 2.37. The van der Waals surface area contributed by atoms with Gasteiger partial charge in [0, 0.05) is 24.0 Å². The second-order valence-electron chi connectivity index (χ2n) is 3.78. The van der Waals surface area contributed by atoms with E-state index >= 15 is 0 Å². The molecule has 6 nitrogen and oxygen atoms in total. The largest absolute Gasteiger partial charge is 0.451 e. The van der Waals surface area contributed by atoms with E-state index < -0.39 is 24.0 Å². The molecule has 0 atom stereocenters. The number of hydrogen-bond acceptors (Lipinski definition) is 5. The Balaban J connectivity index is 2.04. The number of ether oxygens (including phenoxy) is 1. The van der Waals surface area contributed by atoms with Crippen molar-refractivity contribution in [1.82, 2.24) is 14.9 Å². The average Bonchev–Trinajstić information content (AvgIpc) is 2.82. The van der Waals surface area contributed by atoms with Gasteiger partial charge in [-0.15, -0.1) is 0 Å². The molecule has 0 spiro atoms. The first-order valence-corrected chi connectivity index (χ1v) is 5.43. The second kappa shape index (κ2) is 5.27. The topological polar surface area (TPSA) is 72.4 Å². The standard InChI is InChI=1S/C11H8F3N3O3/c12-11(13,14)9-15-5-7(6-16-9)1-2-8(18)17-3-4-20-10(17)19/h1-2,5-6H,3-4H2/b2-1+. The molecule has 0 unspecified atom stereocenters. The van der Waals surface area contributed by atoms with E-state index in [2.05, 4.69) is 14.7 Å². The van der Waals surface area contributed by atoms with Crippen molar-refractivity contribution >= 4 is 18.1 Å². The smallest absolute Gasteiger partial charge is 0.447 e. The molecule has 0 bridgehead atoms. The molecule has 1 aromatic rings. The van der Waals surface area contributed by atoms with Crippen LogP contribution in [0.15, 0.2) is 18.5 Å². The van der Waals surface area contributed by atoms with Crippen LogP contribution in [0.3, 0.4) is 0 Å². The van der Waals surface area contributed by atoms with E-state index in [9.17, 15) is 22.8 Å². The van der Waals surface area contributed by atoms with Gasteiger partial charge in [0.2, 0.25) is 5.82 Å². The van der Waals surface area contributed by atoms with Gasteiger partial charge in [0.25, 0.3) is 5.91 Å². The van der Waals surface area contributed by atoms with Crippen LogP contribution in [0.4, 0.5) is 18.0 Å². The molecule has 0 aromatic carbocycles. The van der Waals surface area contributed by atoms with Gasteiger partial charge >= 0.3 is 12.3 Å². The first kappa shape index (κ1) is 14.0. The fourth-order valence-electron chi connectivity index (χ4n) is 1.42. The fraction of sp³-hybridized carbons (Fsp3) is 0.273. The zero-order chi connectivity index (χ0) is 14.8. The van der Waals surface area contributed by atoms with Crippen molar-refractivity contribution in [2.24, 2.45) is 0 Å². The highest BCUT2D eigenvalue weighted by molar-refractivity contribution is 6.01. The summed E-state index contributed by atoms with van der Waals surface area (Å²) in [6.45, 7) is 0.271. The van der Waals surface area contributed by atoms with Crippen molar-refractivity contribution in [2.45, 2.75) is 6.18 Å². The van der Waals surface area contributed by atoms with E-state index in [4.69, 9.17) is 0 Å². The summed E-state index contributed by atoms with van der Waals surface area (Å²) in [5.41, 5.74) is 0.207. The molecule has 1 aliphatic rings. The summed E-state index contributed by atoms with van der Waals surface area (Å²) in [6, 6.07) is 0. The Morgan fingerprint density at radius 3 is 2.50 bits per heavy atom. The maximum atomic E-state index is 12.2. The predicted octanol–water partition coefficient (Wildman–Crippen LogP) is 1.49. The summed E-state index contributed by atoms with van der Waals surface area (Å²) in [4.78, 5) is 29.8. The summed E-state index contributed by atoms with van der Waals surface area (Å²) in [7, 11) is 0. The van der Waals surface area contributed by atoms with E-state index in [0.29, 0.717) is 0 Å². The maximum absolute atomic E-state index is 12.2. The van der Waals surface area contributed by atoms with Crippen LogP contribution in [-0.2, 0) is 15.7 Å². The maximum Gasteiger partial charge on any atom is 0.451 e. The van der Waals surface area contributed by atoms with Crippen molar-refractivity contribution < 1.29 is 27.5 Å². The van der Waals surface area contributed by atoms with Crippen LogP contribution in [0.25, 0.3) is 6.08 Å². The molecule has 0 radical (unpaired) electrons. The number of carbonyl (C=O) groups excluding carboxylic acids is 2. The molecule has 0 N–H and O–H groups in total. The molecular formula is C11H8F3N3O3. The SMILES string of the molecule is O=C(/C=C/c1cnc(C(F)(F)F)nc1)N1CCOC1=O. The van der Waals surface area contributed by atoms with E-state index in [-0.39, 0.29) is 18.7 Å². The molecular weight excluding hydrogens is 279 g/mol. The molecule has 9 heteroatoms. The zero-order valence-corrected chi connectivity index (χ0v) is 9.92. The average molecular weight is 287 g/mol. The minimum absolute atomic E-state index is 0.127. The van der Waals surface area contributed by atoms with Crippen LogP contribution < -0.4 is 0 Å². The van der Waals surface area contributed by atoms with Crippen LogP contribution >= 0.6 is 0 Å². The minimum Gasteiger partial charge on any atom is -0.447 e. The van der Waals surface area contributed by atoms with Gasteiger partial charge in [-0.25, -0.2) is 19.7 Å². The normalized spacial score (nSPS) is 15.8. The van der Waals surface area contributed by atoms with Crippen LogP contribution in [0.2, 0.25) is 0 Å². The quantitative estimate of drug-likeness (QED) is 0.770. The lowest BCUT2D eigenvalue weighted by atomic mass is 10.3. The lowest BCUT2D eigenvalue weighted by Crippen LogP contribution is -2.29. The second-order valence-corrected chi connectivity index (χ2v) is 3.78. The molecule has 106 valence electrons. The zero-order valence-electron chi connectivity index (χ0n) is 9.92. The number of cyclic esters (lactones) is 1. The van der Waals surface area contributed by atoms with E-state index in [1.807, 2.05) is 0 Å². The van der Waals surface area contributed by atoms with E-state index in [1.54, 1.807) is 0 Å². The monoisotopic (exact) mass is 287 g/mol. The number of halogens is 3. The first-order valence-electron chi connectivity index (χ1n) is 5.43. The van der Waals surface area contributed by atoms with Crippen LogP contribution in [0.1, 0.15) is 11.4 Å². The molecule has 2 rings (SSSR count). The van der Waals surface area contributed by atoms with Gasteiger partial charge in [0.15, 0.2) is 0 Å². The highest BCUT2D eigenvalue weighted by Gasteiger charge is 2.34. The Kier molecular flexibility index (Phi) is 3.68. The van der Waals surface area contributed by atoms with Gasteiger partial charge in [0.05, 0.1) is 6.54 Å². The number of hydrogen-bond donors (Lipinski definition) is 0. The summed E-state index contributed by atoms with van der Waals surface area (Å²) in [6.07, 6.45) is -1.24. The van der Waals surface area contributed by atoms with Crippen LogP contribution in [-0.4, -0.2) is 40.0 Å². The molecule has 2 heterocycles. The number of amides is 2. The lowest BCUT2D eigenvalue weighted by molar-refractivity contribution is -0.145. The highest BCUT2D eigenvalue weighted by Crippen LogP contribution is 2.25. The summed E-state index contributed by atoms with van der Waals surface area (Å²) in [5.74, 6) is -1.88. The predicted molar refractivity (Wildman–Crippen MR) is 59.1 cm³/mol.